The number of rotatable bonds is 2. The molecule has 0 bridgehead atoms. The van der Waals surface area contributed by atoms with E-state index in [2.05, 4.69) is 25.3 Å². The van der Waals surface area contributed by atoms with Gasteiger partial charge in [-0.05, 0) is 60.4 Å². The predicted octanol–water partition coefficient (Wildman–Crippen LogP) is 4.85. The highest BCUT2D eigenvalue weighted by atomic mass is 14.5. The molecule has 110 valence electrons. The fourth-order valence-electron chi connectivity index (χ4n) is 3.75. The Morgan fingerprint density at radius 2 is 1.22 bits per heavy atom. The topological polar surface area (TPSA) is 47.6 Å². The first-order valence-corrected chi connectivity index (χ1v) is 7.38. The van der Waals surface area contributed by atoms with E-state index in [-0.39, 0.29) is 0 Å². The van der Waals surface area contributed by atoms with Crippen LogP contribution >= 0.6 is 0 Å². The fraction of sp³-hybridized carbons (Fsp3) is 0.143. The quantitative estimate of drug-likeness (QED) is 0.744. The Morgan fingerprint density at radius 3 is 1.52 bits per heavy atom. The maximum Gasteiger partial charge on any atom is 0.0991 e. The van der Waals surface area contributed by atoms with Crippen LogP contribution in [0.15, 0.2) is 60.7 Å². The van der Waals surface area contributed by atoms with E-state index in [4.69, 9.17) is 0 Å². The molecule has 0 unspecified atom stereocenters. The van der Waals surface area contributed by atoms with E-state index in [1.54, 1.807) is 0 Å². The summed E-state index contributed by atoms with van der Waals surface area (Å²) in [5, 5.41) is 18.6. The Bertz CT molecular complexity index is 869. The van der Waals surface area contributed by atoms with E-state index >= 15 is 0 Å². The molecule has 0 heterocycles. The lowest BCUT2D eigenvalue weighted by Gasteiger charge is -2.33. The molecule has 3 rings (SSSR count). The molecule has 2 heteroatoms. The molecule has 1 aliphatic rings. The zero-order valence-electron chi connectivity index (χ0n) is 13.3. The van der Waals surface area contributed by atoms with Gasteiger partial charge in [0, 0.05) is 0 Å². The lowest BCUT2D eigenvalue weighted by atomic mass is 9.68. The number of hydrogen-bond donors (Lipinski definition) is 0. The molecule has 0 saturated heterocycles. The fourth-order valence-corrected chi connectivity index (χ4v) is 3.75. The minimum absolute atomic E-state index is 0.551. The second kappa shape index (κ2) is 4.97. The first-order valence-electron chi connectivity index (χ1n) is 7.38. The minimum atomic E-state index is -0.551. The molecule has 2 aromatic rings. The second-order valence-corrected chi connectivity index (χ2v) is 6.05. The summed E-state index contributed by atoms with van der Waals surface area (Å²) in [6.07, 6.45) is 0. The van der Waals surface area contributed by atoms with Gasteiger partial charge >= 0.3 is 0 Å². The summed E-state index contributed by atoms with van der Waals surface area (Å²) in [5.41, 5.74) is 6.77. The highest BCUT2D eigenvalue weighted by Crippen LogP contribution is 2.55. The molecular weight excluding hydrogens is 280 g/mol. The summed E-state index contributed by atoms with van der Waals surface area (Å²) >= 11 is 0. The second-order valence-electron chi connectivity index (χ2n) is 6.05. The smallest absolute Gasteiger partial charge is 0.0991 e. The number of nitriles is 2. The molecule has 23 heavy (non-hydrogen) atoms. The van der Waals surface area contributed by atoms with Crippen LogP contribution in [0.2, 0.25) is 0 Å². The number of benzene rings is 2. The van der Waals surface area contributed by atoms with E-state index < -0.39 is 5.41 Å². The molecule has 2 nitrogen and oxygen atoms in total. The van der Waals surface area contributed by atoms with E-state index in [0.29, 0.717) is 11.1 Å². The van der Waals surface area contributed by atoms with Crippen molar-refractivity contribution in [2.75, 3.05) is 0 Å². The van der Waals surface area contributed by atoms with Crippen LogP contribution in [0.25, 0.3) is 11.1 Å². The Labute approximate surface area is 136 Å². The highest BCUT2D eigenvalue weighted by molar-refractivity contribution is 5.86. The van der Waals surface area contributed by atoms with Crippen molar-refractivity contribution in [1.82, 2.24) is 0 Å². The molecule has 1 aliphatic carbocycles. The van der Waals surface area contributed by atoms with Crippen LogP contribution in [0.4, 0.5) is 0 Å². The van der Waals surface area contributed by atoms with Crippen molar-refractivity contribution in [2.24, 2.45) is 0 Å². The van der Waals surface area contributed by atoms with E-state index in [1.807, 2.05) is 50.2 Å². The van der Waals surface area contributed by atoms with Crippen LogP contribution in [0, 0.1) is 22.7 Å². The van der Waals surface area contributed by atoms with Gasteiger partial charge in [-0.15, -0.1) is 0 Å². The van der Waals surface area contributed by atoms with E-state index in [0.717, 1.165) is 33.4 Å². The van der Waals surface area contributed by atoms with Gasteiger partial charge in [0.05, 0.1) is 28.7 Å². The number of allylic oxidation sites excluding steroid dienone is 2. The van der Waals surface area contributed by atoms with Crippen molar-refractivity contribution in [3.8, 4) is 23.3 Å². The van der Waals surface area contributed by atoms with Gasteiger partial charge in [-0.1, -0.05) is 36.4 Å². The lowest BCUT2D eigenvalue weighted by Crippen LogP contribution is -2.27. The summed E-state index contributed by atoms with van der Waals surface area (Å²) in [5.74, 6) is 0. The van der Waals surface area contributed by atoms with Crippen molar-refractivity contribution in [3.05, 3.63) is 83.0 Å². The Kier molecular flexibility index (Phi) is 3.20. The molecule has 0 atom stereocenters. The Morgan fingerprint density at radius 1 is 0.826 bits per heavy atom. The molecule has 0 saturated carbocycles. The number of hydrogen-bond acceptors (Lipinski definition) is 2. The number of fused-ring (bicyclic) bond motifs is 3. The summed E-state index contributed by atoms with van der Waals surface area (Å²) in [7, 11) is 0. The molecular formula is C21H16N2. The van der Waals surface area contributed by atoms with Crippen LogP contribution in [-0.2, 0) is 5.41 Å². The summed E-state index contributed by atoms with van der Waals surface area (Å²) in [4.78, 5) is 0. The molecule has 0 spiro atoms. The molecule has 0 N–H and O–H groups in total. The maximum atomic E-state index is 9.28. The largest absolute Gasteiger partial charge is 0.192 e. The molecule has 0 aliphatic heterocycles. The minimum Gasteiger partial charge on any atom is -0.192 e. The predicted molar refractivity (Wildman–Crippen MR) is 91.7 cm³/mol. The Hall–Kier alpha value is -3.10. The number of nitrogens with zero attached hydrogens (tertiary/aromatic N) is 2. The van der Waals surface area contributed by atoms with Crippen LogP contribution < -0.4 is 0 Å². The van der Waals surface area contributed by atoms with Gasteiger partial charge < -0.3 is 0 Å². The van der Waals surface area contributed by atoms with Gasteiger partial charge in [-0.3, -0.25) is 0 Å². The van der Waals surface area contributed by atoms with Crippen LogP contribution in [0.5, 0.6) is 0 Å². The van der Waals surface area contributed by atoms with Gasteiger partial charge in [0.1, 0.15) is 0 Å². The monoisotopic (exact) mass is 296 g/mol. The third kappa shape index (κ3) is 1.79. The molecule has 0 amide bonds. The SMILES string of the molecule is C=C(C)C1(C(=C)C)c2cc(C#N)ccc2-c2ccc(C#N)cc21. The average Bonchev–Trinajstić information content (AvgIpc) is 2.84. The van der Waals surface area contributed by atoms with Gasteiger partial charge in [0.25, 0.3) is 0 Å². The molecule has 0 radical (unpaired) electrons. The van der Waals surface area contributed by atoms with Crippen molar-refractivity contribution >= 4 is 0 Å². The summed E-state index contributed by atoms with van der Waals surface area (Å²) < 4.78 is 0. The van der Waals surface area contributed by atoms with E-state index in [9.17, 15) is 10.5 Å². The van der Waals surface area contributed by atoms with Gasteiger partial charge in [0.2, 0.25) is 0 Å². The van der Waals surface area contributed by atoms with Crippen LogP contribution in [-0.4, -0.2) is 0 Å². The average molecular weight is 296 g/mol. The maximum absolute atomic E-state index is 9.28. The first-order chi connectivity index (χ1) is 11.0. The normalized spacial score (nSPS) is 13.4. The zero-order chi connectivity index (χ0) is 16.8. The van der Waals surface area contributed by atoms with Crippen molar-refractivity contribution in [1.29, 1.82) is 10.5 Å². The van der Waals surface area contributed by atoms with Crippen LogP contribution in [0.3, 0.4) is 0 Å². The Balaban J connectivity index is 2.50. The first kappa shape index (κ1) is 14.8. The standard InChI is InChI=1S/C21H16N2/c1-13(2)21(14(3)4)19-9-15(11-22)5-7-17(19)18-8-6-16(12-23)10-20(18)21/h5-10H,1,3H2,2,4H3. The van der Waals surface area contributed by atoms with Crippen molar-refractivity contribution in [2.45, 2.75) is 19.3 Å². The molecule has 2 aromatic carbocycles. The van der Waals surface area contributed by atoms with Crippen molar-refractivity contribution < 1.29 is 0 Å². The molecule has 0 aromatic heterocycles. The zero-order valence-corrected chi connectivity index (χ0v) is 13.3. The summed E-state index contributed by atoms with van der Waals surface area (Å²) in [6, 6.07) is 15.9. The van der Waals surface area contributed by atoms with Gasteiger partial charge in [0.15, 0.2) is 0 Å². The lowest BCUT2D eigenvalue weighted by molar-refractivity contribution is 0.732. The molecule has 0 fully saturated rings. The third-order valence-electron chi connectivity index (χ3n) is 4.68. The third-order valence-corrected chi connectivity index (χ3v) is 4.68. The summed E-state index contributed by atoms with van der Waals surface area (Å²) in [6.45, 7) is 12.4. The van der Waals surface area contributed by atoms with Crippen LogP contribution in [0.1, 0.15) is 36.1 Å². The van der Waals surface area contributed by atoms with Crippen molar-refractivity contribution in [3.63, 3.8) is 0 Å². The van der Waals surface area contributed by atoms with Gasteiger partial charge in [-0.2, -0.15) is 10.5 Å². The highest BCUT2D eigenvalue weighted by Gasteiger charge is 2.44. The van der Waals surface area contributed by atoms with E-state index in [1.165, 1.54) is 0 Å². The van der Waals surface area contributed by atoms with Gasteiger partial charge in [-0.25, -0.2) is 0 Å².